The Bertz CT molecular complexity index is 486. The van der Waals surface area contributed by atoms with Crippen LogP contribution in [0, 0.1) is 0 Å². The normalized spacial score (nSPS) is 17.5. The van der Waals surface area contributed by atoms with E-state index in [4.69, 9.17) is 0 Å². The van der Waals surface area contributed by atoms with Gasteiger partial charge in [0.15, 0.2) is 0 Å². The Morgan fingerprint density at radius 2 is 2.19 bits per heavy atom. The van der Waals surface area contributed by atoms with Crippen LogP contribution in [-0.2, 0) is 11.3 Å². The third-order valence-electron chi connectivity index (χ3n) is 3.82. The molecule has 2 rings (SSSR count). The second-order valence-corrected chi connectivity index (χ2v) is 8.28. The number of halogens is 1. The van der Waals surface area contributed by atoms with E-state index in [-0.39, 0.29) is 5.91 Å². The van der Waals surface area contributed by atoms with Crippen LogP contribution in [0.1, 0.15) is 31.6 Å². The standard InChI is InChI=1S/C15H23BrN2O2S/c1-3-7-15(20)10-17(11-15)9-14(19)18(4-2)8-12-5-6-13(16)21-12/h5-6,20H,3-4,7-11H2,1-2H3. The number of nitrogens with zero attached hydrogens (tertiary/aromatic N) is 2. The largest absolute Gasteiger partial charge is 0.387 e. The van der Waals surface area contributed by atoms with Gasteiger partial charge in [-0.3, -0.25) is 9.69 Å². The number of thiophene rings is 1. The van der Waals surface area contributed by atoms with Crippen LogP contribution in [0.15, 0.2) is 15.9 Å². The minimum absolute atomic E-state index is 0.139. The first-order valence-electron chi connectivity index (χ1n) is 7.42. The Labute approximate surface area is 138 Å². The average Bonchev–Trinajstić information content (AvgIpc) is 2.80. The van der Waals surface area contributed by atoms with Crippen molar-refractivity contribution in [1.29, 1.82) is 0 Å². The van der Waals surface area contributed by atoms with Crippen molar-refractivity contribution in [2.24, 2.45) is 0 Å². The van der Waals surface area contributed by atoms with Crippen molar-refractivity contribution in [2.75, 3.05) is 26.2 Å². The third kappa shape index (κ3) is 4.52. The van der Waals surface area contributed by atoms with Crippen LogP contribution < -0.4 is 0 Å². The lowest BCUT2D eigenvalue weighted by atomic mass is 9.89. The number of carbonyl (C=O) groups is 1. The first-order valence-corrected chi connectivity index (χ1v) is 9.03. The van der Waals surface area contributed by atoms with Crippen molar-refractivity contribution in [3.63, 3.8) is 0 Å². The van der Waals surface area contributed by atoms with Gasteiger partial charge in [0.25, 0.3) is 0 Å². The van der Waals surface area contributed by atoms with Gasteiger partial charge >= 0.3 is 0 Å². The Balaban J connectivity index is 1.81. The van der Waals surface area contributed by atoms with Crippen LogP contribution in [0.4, 0.5) is 0 Å². The molecule has 1 aliphatic rings. The molecule has 0 unspecified atom stereocenters. The van der Waals surface area contributed by atoms with Crippen LogP contribution in [0.5, 0.6) is 0 Å². The molecule has 0 bridgehead atoms. The van der Waals surface area contributed by atoms with E-state index in [2.05, 4.69) is 22.9 Å². The maximum absolute atomic E-state index is 12.4. The van der Waals surface area contributed by atoms with Gasteiger partial charge in [-0.05, 0) is 41.4 Å². The van der Waals surface area contributed by atoms with Gasteiger partial charge in [0.05, 0.1) is 22.5 Å². The molecule has 0 atom stereocenters. The van der Waals surface area contributed by atoms with Crippen LogP contribution in [0.2, 0.25) is 0 Å². The SMILES string of the molecule is CCCC1(O)CN(CC(=O)N(CC)Cc2ccc(Br)s2)C1. The molecule has 21 heavy (non-hydrogen) atoms. The van der Waals surface area contributed by atoms with Crippen LogP contribution in [-0.4, -0.2) is 52.6 Å². The molecule has 1 aromatic rings. The quantitative estimate of drug-likeness (QED) is 0.797. The van der Waals surface area contributed by atoms with Gasteiger partial charge < -0.3 is 10.0 Å². The molecule has 1 fully saturated rings. The molecule has 2 heterocycles. The second kappa shape index (κ2) is 7.22. The average molecular weight is 375 g/mol. The van der Waals surface area contributed by atoms with Gasteiger partial charge in [-0.2, -0.15) is 0 Å². The van der Waals surface area contributed by atoms with Crippen molar-refractivity contribution in [3.05, 3.63) is 20.8 Å². The van der Waals surface area contributed by atoms with Gasteiger partial charge in [0, 0.05) is 24.5 Å². The van der Waals surface area contributed by atoms with Gasteiger partial charge in [-0.15, -0.1) is 11.3 Å². The highest BCUT2D eigenvalue weighted by atomic mass is 79.9. The predicted molar refractivity (Wildman–Crippen MR) is 89.4 cm³/mol. The van der Waals surface area contributed by atoms with E-state index in [1.54, 1.807) is 11.3 Å². The first kappa shape index (κ1) is 16.9. The van der Waals surface area contributed by atoms with E-state index in [1.807, 2.05) is 28.9 Å². The fourth-order valence-corrected chi connectivity index (χ4v) is 4.31. The number of likely N-dealkylation sites (N-methyl/N-ethyl adjacent to an activating group) is 1. The monoisotopic (exact) mass is 374 g/mol. The fraction of sp³-hybridized carbons (Fsp3) is 0.667. The van der Waals surface area contributed by atoms with Crippen molar-refractivity contribution >= 4 is 33.2 Å². The summed E-state index contributed by atoms with van der Waals surface area (Å²) in [6.07, 6.45) is 1.80. The number of aliphatic hydroxyl groups is 1. The Kier molecular flexibility index (Phi) is 5.82. The summed E-state index contributed by atoms with van der Waals surface area (Å²) >= 11 is 5.11. The summed E-state index contributed by atoms with van der Waals surface area (Å²) in [4.78, 5) is 17.4. The lowest BCUT2D eigenvalue weighted by Crippen LogP contribution is -2.63. The molecule has 6 heteroatoms. The van der Waals surface area contributed by atoms with E-state index >= 15 is 0 Å². The Morgan fingerprint density at radius 1 is 1.48 bits per heavy atom. The number of carbonyl (C=O) groups excluding carboxylic acids is 1. The molecule has 1 N–H and O–H groups in total. The van der Waals surface area contributed by atoms with Crippen molar-refractivity contribution in [1.82, 2.24) is 9.80 Å². The smallest absolute Gasteiger partial charge is 0.237 e. The molecule has 0 radical (unpaired) electrons. The van der Waals surface area contributed by atoms with Crippen LogP contribution >= 0.6 is 27.3 Å². The third-order valence-corrected chi connectivity index (χ3v) is 5.43. The number of hydrogen-bond donors (Lipinski definition) is 1. The molecule has 1 aromatic heterocycles. The lowest BCUT2D eigenvalue weighted by molar-refractivity contribution is -0.142. The first-order chi connectivity index (χ1) is 9.95. The van der Waals surface area contributed by atoms with Crippen molar-refractivity contribution in [3.8, 4) is 0 Å². The number of likely N-dealkylation sites (tertiary alicyclic amines) is 1. The van der Waals surface area contributed by atoms with Crippen molar-refractivity contribution < 1.29 is 9.90 Å². The highest BCUT2D eigenvalue weighted by Crippen LogP contribution is 2.26. The number of amides is 1. The van der Waals surface area contributed by atoms with Gasteiger partial charge in [-0.25, -0.2) is 0 Å². The summed E-state index contributed by atoms with van der Waals surface area (Å²) in [6, 6.07) is 4.06. The Morgan fingerprint density at radius 3 is 2.71 bits per heavy atom. The van der Waals surface area contributed by atoms with E-state index < -0.39 is 5.60 Å². The summed E-state index contributed by atoms with van der Waals surface area (Å²) in [7, 11) is 0. The van der Waals surface area contributed by atoms with E-state index in [0.29, 0.717) is 32.7 Å². The fourth-order valence-electron chi connectivity index (χ4n) is 2.81. The zero-order valence-electron chi connectivity index (χ0n) is 12.6. The molecular formula is C15H23BrN2O2S. The zero-order valence-corrected chi connectivity index (χ0v) is 15.0. The minimum atomic E-state index is -0.565. The number of rotatable bonds is 7. The van der Waals surface area contributed by atoms with E-state index in [1.165, 1.54) is 4.88 Å². The van der Waals surface area contributed by atoms with Crippen LogP contribution in [0.25, 0.3) is 0 Å². The highest BCUT2D eigenvalue weighted by molar-refractivity contribution is 9.11. The van der Waals surface area contributed by atoms with E-state index in [9.17, 15) is 9.90 Å². The Hall–Kier alpha value is -0.430. The maximum Gasteiger partial charge on any atom is 0.237 e. The highest BCUT2D eigenvalue weighted by Gasteiger charge is 2.40. The van der Waals surface area contributed by atoms with E-state index in [0.717, 1.165) is 16.6 Å². The number of β-amino-alcohol motifs (C(OH)–C–C–N with tert-alkyl or cyclic N) is 1. The summed E-state index contributed by atoms with van der Waals surface area (Å²) in [5.41, 5.74) is -0.565. The topological polar surface area (TPSA) is 43.8 Å². The van der Waals surface area contributed by atoms with Gasteiger partial charge in [0.1, 0.15) is 0 Å². The number of hydrogen-bond acceptors (Lipinski definition) is 4. The minimum Gasteiger partial charge on any atom is -0.387 e. The molecular weight excluding hydrogens is 352 g/mol. The lowest BCUT2D eigenvalue weighted by Gasteiger charge is -2.46. The molecule has 0 saturated carbocycles. The molecule has 0 spiro atoms. The summed E-state index contributed by atoms with van der Waals surface area (Å²) in [5.74, 6) is 0.139. The predicted octanol–water partition coefficient (Wildman–Crippen LogP) is 2.71. The van der Waals surface area contributed by atoms with Crippen molar-refractivity contribution in [2.45, 2.75) is 38.8 Å². The second-order valence-electron chi connectivity index (χ2n) is 5.73. The van der Waals surface area contributed by atoms with Gasteiger partial charge in [-0.1, -0.05) is 13.3 Å². The maximum atomic E-state index is 12.4. The molecule has 0 aromatic carbocycles. The zero-order chi connectivity index (χ0) is 15.5. The summed E-state index contributed by atoms with van der Waals surface area (Å²) < 4.78 is 1.09. The molecule has 4 nitrogen and oxygen atoms in total. The molecule has 1 aliphatic heterocycles. The van der Waals surface area contributed by atoms with Crippen LogP contribution in [0.3, 0.4) is 0 Å². The summed E-state index contributed by atoms with van der Waals surface area (Å²) in [5, 5.41) is 10.2. The molecule has 118 valence electrons. The molecule has 1 saturated heterocycles. The molecule has 1 amide bonds. The summed E-state index contributed by atoms with van der Waals surface area (Å²) in [6.45, 7) is 7.10. The van der Waals surface area contributed by atoms with Gasteiger partial charge in [0.2, 0.25) is 5.91 Å². The molecule has 0 aliphatic carbocycles.